The number of halogens is 1. The van der Waals surface area contributed by atoms with Gasteiger partial charge in [-0.15, -0.1) is 0 Å². The number of carbonyl (C=O) groups is 1. The van der Waals surface area contributed by atoms with E-state index in [1.54, 1.807) is 10.2 Å². The summed E-state index contributed by atoms with van der Waals surface area (Å²) >= 11 is 0. The molecule has 0 amide bonds. The third kappa shape index (κ3) is 1.84. The fourth-order valence-corrected chi connectivity index (χ4v) is 0. The predicted octanol–water partition coefficient (Wildman–Crippen LogP) is -0.103. The van der Waals surface area contributed by atoms with Crippen LogP contribution in [-0.4, -0.2) is 15.6 Å². The SMILES string of the molecule is C=C(F)C(=O)[SiH]. The van der Waals surface area contributed by atoms with Gasteiger partial charge >= 0.3 is 0 Å². The standard InChI is InChI=1S/C3H3FOSi/c1-2(4)3(5)6/h6H,1H2. The zero-order valence-corrected chi connectivity index (χ0v) is 4.23. The first kappa shape index (κ1) is 5.56. The lowest BCUT2D eigenvalue weighted by Crippen LogP contribution is -1.92. The molecule has 0 saturated heterocycles. The number of allylic oxidation sites excluding steroid dienone is 1. The quantitative estimate of drug-likeness (QED) is 0.333. The van der Waals surface area contributed by atoms with Crippen molar-refractivity contribution >= 4 is 15.6 Å². The second kappa shape index (κ2) is 1.87. The average Bonchev–Trinajstić information content (AvgIpc) is 1.36. The zero-order chi connectivity index (χ0) is 5.15. The first-order valence-electron chi connectivity index (χ1n) is 1.29. The highest BCUT2D eigenvalue weighted by Crippen LogP contribution is 1.85. The van der Waals surface area contributed by atoms with E-state index in [1.807, 2.05) is 0 Å². The lowest BCUT2D eigenvalue weighted by atomic mass is 10.7. The molecule has 0 bridgehead atoms. The zero-order valence-electron chi connectivity index (χ0n) is 3.07. The van der Waals surface area contributed by atoms with Crippen molar-refractivity contribution in [3.05, 3.63) is 12.4 Å². The van der Waals surface area contributed by atoms with Gasteiger partial charge in [-0.05, 0) is 0 Å². The third-order valence-electron chi connectivity index (χ3n) is 0.267. The Hall–Kier alpha value is -0.443. The number of hydrogen-bond acceptors (Lipinski definition) is 1. The molecule has 0 saturated carbocycles. The van der Waals surface area contributed by atoms with Crippen LogP contribution in [0.4, 0.5) is 4.39 Å². The maximum absolute atomic E-state index is 11.3. The Balaban J connectivity index is 3.57. The Morgan fingerprint density at radius 1 is 1.83 bits per heavy atom. The molecule has 3 heteroatoms. The Labute approximate surface area is 38.3 Å². The summed E-state index contributed by atoms with van der Waals surface area (Å²) < 4.78 is 11.3. The summed E-state index contributed by atoms with van der Waals surface area (Å²) in [7, 11) is 1.66. The van der Waals surface area contributed by atoms with Crippen molar-refractivity contribution in [1.29, 1.82) is 0 Å². The van der Waals surface area contributed by atoms with Crippen molar-refractivity contribution in [1.82, 2.24) is 0 Å². The lowest BCUT2D eigenvalue weighted by Gasteiger charge is -1.75. The first-order valence-corrected chi connectivity index (χ1v) is 1.86. The molecule has 0 aliphatic heterocycles. The van der Waals surface area contributed by atoms with Crippen LogP contribution < -0.4 is 0 Å². The minimum atomic E-state index is -0.917. The van der Waals surface area contributed by atoms with Crippen molar-refractivity contribution in [3.8, 4) is 0 Å². The average molecular weight is 102 g/mol. The van der Waals surface area contributed by atoms with E-state index in [4.69, 9.17) is 0 Å². The molecule has 0 rings (SSSR count). The summed E-state index contributed by atoms with van der Waals surface area (Å²) in [5.41, 5.74) is 0. The molecule has 0 aliphatic carbocycles. The molecular weight excluding hydrogens is 99.1 g/mol. The fourth-order valence-electron chi connectivity index (χ4n) is 0. The molecule has 2 radical (unpaired) electrons. The summed E-state index contributed by atoms with van der Waals surface area (Å²) in [5.74, 6) is -0.917. The number of hydrogen-bond donors (Lipinski definition) is 0. The van der Waals surface area contributed by atoms with Crippen molar-refractivity contribution in [2.24, 2.45) is 0 Å². The third-order valence-corrected chi connectivity index (χ3v) is 0.581. The molecule has 0 N–H and O–H groups in total. The van der Waals surface area contributed by atoms with Crippen LogP contribution in [-0.2, 0) is 4.79 Å². The number of carbonyl (C=O) groups excluding carboxylic acids is 1. The molecule has 0 fully saturated rings. The Morgan fingerprint density at radius 3 is 2.00 bits per heavy atom. The van der Waals surface area contributed by atoms with Crippen molar-refractivity contribution in [2.75, 3.05) is 0 Å². The topological polar surface area (TPSA) is 17.1 Å². The molecule has 0 heterocycles. The summed E-state index contributed by atoms with van der Waals surface area (Å²) in [5, 5.41) is -0.685. The van der Waals surface area contributed by atoms with Gasteiger partial charge in [0, 0.05) is 0 Å². The monoisotopic (exact) mass is 102 g/mol. The first-order chi connectivity index (χ1) is 2.64. The molecule has 0 aliphatic rings. The van der Waals surface area contributed by atoms with Gasteiger partial charge in [0.1, 0.15) is 10.2 Å². The second-order valence-electron chi connectivity index (χ2n) is 0.769. The molecule has 6 heavy (non-hydrogen) atoms. The van der Waals surface area contributed by atoms with Gasteiger partial charge in [0.15, 0.2) is 11.2 Å². The van der Waals surface area contributed by atoms with E-state index in [9.17, 15) is 9.18 Å². The number of rotatable bonds is 1. The Kier molecular flexibility index (Phi) is 1.73. The lowest BCUT2D eigenvalue weighted by molar-refractivity contribution is -0.109. The van der Waals surface area contributed by atoms with Crippen LogP contribution in [0, 0.1) is 0 Å². The summed E-state index contributed by atoms with van der Waals surface area (Å²) in [6, 6.07) is 0. The highest BCUT2D eigenvalue weighted by molar-refractivity contribution is 6.61. The van der Waals surface area contributed by atoms with Crippen LogP contribution in [0.2, 0.25) is 0 Å². The minimum absolute atomic E-state index is 0.685. The van der Waals surface area contributed by atoms with Gasteiger partial charge in [-0.1, -0.05) is 6.58 Å². The van der Waals surface area contributed by atoms with Gasteiger partial charge in [0.05, 0.1) is 0 Å². The molecule has 32 valence electrons. The van der Waals surface area contributed by atoms with E-state index in [0.717, 1.165) is 0 Å². The second-order valence-corrected chi connectivity index (χ2v) is 1.29. The Morgan fingerprint density at radius 2 is 2.00 bits per heavy atom. The van der Waals surface area contributed by atoms with E-state index in [-0.39, 0.29) is 0 Å². The minimum Gasteiger partial charge on any atom is -0.299 e. The van der Waals surface area contributed by atoms with Gasteiger partial charge in [-0.25, -0.2) is 4.39 Å². The summed E-state index contributed by atoms with van der Waals surface area (Å²) in [6.07, 6.45) is 0. The van der Waals surface area contributed by atoms with Crippen molar-refractivity contribution < 1.29 is 9.18 Å². The Bertz CT molecular complexity index is 76.8. The van der Waals surface area contributed by atoms with Gasteiger partial charge in [-0.3, -0.25) is 4.79 Å². The van der Waals surface area contributed by atoms with Crippen LogP contribution in [0.1, 0.15) is 0 Å². The largest absolute Gasteiger partial charge is 0.299 e. The van der Waals surface area contributed by atoms with E-state index < -0.39 is 11.2 Å². The smallest absolute Gasteiger partial charge is 0.158 e. The van der Waals surface area contributed by atoms with E-state index in [1.165, 1.54) is 0 Å². The van der Waals surface area contributed by atoms with Crippen LogP contribution in [0.3, 0.4) is 0 Å². The molecular formula is C3H3FOSi. The van der Waals surface area contributed by atoms with Crippen LogP contribution in [0.25, 0.3) is 0 Å². The van der Waals surface area contributed by atoms with Crippen molar-refractivity contribution in [2.45, 2.75) is 0 Å². The van der Waals surface area contributed by atoms with Crippen LogP contribution in [0.15, 0.2) is 12.4 Å². The summed E-state index contributed by atoms with van der Waals surface area (Å²) in [6.45, 7) is 2.72. The molecule has 0 aromatic rings. The normalized spacial score (nSPS) is 7.67. The predicted molar refractivity (Wildman–Crippen MR) is 22.4 cm³/mol. The van der Waals surface area contributed by atoms with Gasteiger partial charge in [-0.2, -0.15) is 0 Å². The summed E-state index contributed by atoms with van der Waals surface area (Å²) in [4.78, 5) is 9.63. The van der Waals surface area contributed by atoms with Gasteiger partial charge < -0.3 is 0 Å². The maximum Gasteiger partial charge on any atom is 0.158 e. The molecule has 0 spiro atoms. The molecule has 0 aromatic heterocycles. The molecule has 1 nitrogen and oxygen atoms in total. The molecule has 0 aromatic carbocycles. The molecule has 0 unspecified atom stereocenters. The van der Waals surface area contributed by atoms with Gasteiger partial charge in [0.2, 0.25) is 0 Å². The van der Waals surface area contributed by atoms with Crippen molar-refractivity contribution in [3.63, 3.8) is 0 Å². The van der Waals surface area contributed by atoms with E-state index in [2.05, 4.69) is 6.58 Å². The highest BCUT2D eigenvalue weighted by atomic mass is 28.1. The fraction of sp³-hybridized carbons (Fsp3) is 0. The van der Waals surface area contributed by atoms with E-state index >= 15 is 0 Å². The highest BCUT2D eigenvalue weighted by Gasteiger charge is 1.91. The van der Waals surface area contributed by atoms with Crippen LogP contribution >= 0.6 is 0 Å². The van der Waals surface area contributed by atoms with Gasteiger partial charge in [0.25, 0.3) is 0 Å². The van der Waals surface area contributed by atoms with E-state index in [0.29, 0.717) is 0 Å². The maximum atomic E-state index is 11.3. The van der Waals surface area contributed by atoms with Crippen LogP contribution in [0.5, 0.6) is 0 Å². The molecule has 0 atom stereocenters.